The Morgan fingerprint density at radius 2 is 1.79 bits per heavy atom. The quantitative estimate of drug-likeness (QED) is 0.536. The van der Waals surface area contributed by atoms with E-state index in [1.54, 1.807) is 16.4 Å². The minimum atomic E-state index is -0.259. The summed E-state index contributed by atoms with van der Waals surface area (Å²) in [5.41, 5.74) is 1.29. The van der Waals surface area contributed by atoms with E-state index in [1.165, 1.54) is 24.6 Å². The number of likely N-dealkylation sites (N-methyl/N-ethyl adjacent to an activating group) is 1. The maximum absolute atomic E-state index is 13.0. The summed E-state index contributed by atoms with van der Waals surface area (Å²) >= 11 is 6.63. The fraction of sp³-hybridized carbons (Fsp3) is 0.524. The Morgan fingerprint density at radius 3 is 2.31 bits per heavy atom. The second kappa shape index (κ2) is 9.14. The van der Waals surface area contributed by atoms with E-state index in [9.17, 15) is 14.9 Å². The van der Waals surface area contributed by atoms with Gasteiger partial charge in [0.15, 0.2) is 0 Å². The molecule has 2 saturated heterocycles. The number of carbonyl (C=O) groups excluding carboxylic acids is 1. The largest absolute Gasteiger partial charge is 0.357 e. The van der Waals surface area contributed by atoms with Crippen LogP contribution < -0.4 is 10.5 Å². The summed E-state index contributed by atoms with van der Waals surface area (Å²) in [5, 5.41) is 9.63. The number of amides is 1. The molecule has 29 heavy (non-hydrogen) atoms. The Bertz CT molecular complexity index is 966. The molecule has 2 aliphatic heterocycles. The maximum Gasteiger partial charge on any atom is 0.270 e. The molecule has 0 aliphatic carbocycles. The Labute approximate surface area is 181 Å². The average molecular weight is 431 g/mol. The van der Waals surface area contributed by atoms with E-state index in [4.69, 9.17) is 12.2 Å². The highest BCUT2D eigenvalue weighted by molar-refractivity contribution is 8.26. The average Bonchev–Trinajstić information content (AvgIpc) is 2.87. The molecular formula is C21H26N4O2S2. The fourth-order valence-corrected chi connectivity index (χ4v) is 5.33. The van der Waals surface area contributed by atoms with Gasteiger partial charge in [0.25, 0.3) is 11.5 Å². The molecule has 1 amide bonds. The smallest absolute Gasteiger partial charge is 0.270 e. The van der Waals surface area contributed by atoms with Crippen molar-refractivity contribution in [2.75, 3.05) is 24.5 Å². The van der Waals surface area contributed by atoms with Crippen LogP contribution in [0.5, 0.6) is 0 Å². The Balaban J connectivity index is 2.25. The van der Waals surface area contributed by atoms with E-state index >= 15 is 0 Å². The molecule has 0 saturated carbocycles. The molecule has 0 spiro atoms. The molecule has 3 rings (SSSR count). The molecule has 154 valence electrons. The van der Waals surface area contributed by atoms with Gasteiger partial charge in [-0.05, 0) is 45.3 Å². The first-order valence-corrected chi connectivity index (χ1v) is 11.3. The Morgan fingerprint density at radius 1 is 1.14 bits per heavy atom. The van der Waals surface area contributed by atoms with Crippen LogP contribution in [0.15, 0.2) is 9.70 Å². The molecule has 0 radical (unpaired) electrons. The predicted octanol–water partition coefficient (Wildman–Crippen LogP) is 3.65. The minimum absolute atomic E-state index is 0.114. The Kier molecular flexibility index (Phi) is 6.81. The lowest BCUT2D eigenvalue weighted by atomic mass is 10.0. The van der Waals surface area contributed by atoms with E-state index in [1.807, 2.05) is 19.9 Å². The van der Waals surface area contributed by atoms with Crippen LogP contribution in [0.4, 0.5) is 5.82 Å². The lowest BCUT2D eigenvalue weighted by Gasteiger charge is -2.29. The first-order valence-electron chi connectivity index (χ1n) is 10.1. The zero-order valence-electron chi connectivity index (χ0n) is 17.2. The maximum atomic E-state index is 13.0. The topological polar surface area (TPSA) is 69.3 Å². The van der Waals surface area contributed by atoms with Gasteiger partial charge in [0.1, 0.15) is 21.8 Å². The van der Waals surface area contributed by atoms with E-state index in [2.05, 4.69) is 11.0 Å². The number of nitriles is 1. The van der Waals surface area contributed by atoms with Crippen LogP contribution in [0, 0.1) is 18.3 Å². The third-order valence-electron chi connectivity index (χ3n) is 5.53. The first kappa shape index (κ1) is 21.6. The first-order chi connectivity index (χ1) is 13.9. The number of carbonyl (C=O) groups is 1. The van der Waals surface area contributed by atoms with Gasteiger partial charge < -0.3 is 4.90 Å². The normalized spacial score (nSPS) is 19.0. The number of rotatable bonds is 4. The highest BCUT2D eigenvalue weighted by atomic mass is 32.2. The number of thiocarbonyl (C=S) groups is 1. The van der Waals surface area contributed by atoms with Crippen molar-refractivity contribution in [3.05, 3.63) is 31.9 Å². The van der Waals surface area contributed by atoms with Crippen LogP contribution in [0.2, 0.25) is 0 Å². The molecule has 0 aromatic carbocycles. The van der Waals surface area contributed by atoms with Crippen molar-refractivity contribution in [2.45, 2.75) is 53.0 Å². The SMILES string of the molecule is CCN1C(=O)/C(=C\c2c(C)c(C#N)c(=O)n(CC)c2N2CCCCCC2)SC1=S. The Hall–Kier alpha value is -2.11. The van der Waals surface area contributed by atoms with E-state index < -0.39 is 0 Å². The van der Waals surface area contributed by atoms with Gasteiger partial charge in [0, 0.05) is 31.7 Å². The van der Waals surface area contributed by atoms with Crippen molar-refractivity contribution in [3.63, 3.8) is 0 Å². The molecule has 8 heteroatoms. The summed E-state index contributed by atoms with van der Waals surface area (Å²) in [4.78, 5) is 30.1. The van der Waals surface area contributed by atoms with Crippen LogP contribution in [0.3, 0.4) is 0 Å². The van der Waals surface area contributed by atoms with E-state index in [-0.39, 0.29) is 17.0 Å². The molecule has 0 unspecified atom stereocenters. The summed E-state index contributed by atoms with van der Waals surface area (Å²) in [6, 6.07) is 2.08. The van der Waals surface area contributed by atoms with Crippen molar-refractivity contribution in [2.24, 2.45) is 0 Å². The number of pyridine rings is 1. The minimum Gasteiger partial charge on any atom is -0.357 e. The highest BCUT2D eigenvalue weighted by Crippen LogP contribution is 2.36. The van der Waals surface area contributed by atoms with Crippen LogP contribution in [0.1, 0.15) is 56.2 Å². The number of thioether (sulfide) groups is 1. The standard InChI is InChI=1S/C21H26N4O2S2/c1-4-24-18(23-10-8-6-7-9-11-23)15(14(3)16(13-22)19(24)26)12-17-20(27)25(5-2)21(28)29-17/h12H,4-11H2,1-3H3/b17-12+. The van der Waals surface area contributed by atoms with Crippen molar-refractivity contribution < 1.29 is 4.79 Å². The zero-order valence-corrected chi connectivity index (χ0v) is 18.8. The molecule has 2 fully saturated rings. The number of aromatic nitrogens is 1. The monoisotopic (exact) mass is 430 g/mol. The predicted molar refractivity (Wildman–Crippen MR) is 122 cm³/mol. The molecule has 2 aliphatic rings. The molecule has 3 heterocycles. The number of nitrogens with zero attached hydrogens (tertiary/aromatic N) is 4. The third-order valence-corrected chi connectivity index (χ3v) is 6.91. The van der Waals surface area contributed by atoms with Crippen molar-refractivity contribution in [3.8, 4) is 6.07 Å². The third kappa shape index (κ3) is 3.99. The van der Waals surface area contributed by atoms with Crippen molar-refractivity contribution in [1.29, 1.82) is 5.26 Å². The van der Waals surface area contributed by atoms with E-state index in [0.29, 0.717) is 27.9 Å². The number of anilines is 1. The lowest BCUT2D eigenvalue weighted by molar-refractivity contribution is -0.121. The molecular weight excluding hydrogens is 404 g/mol. The molecule has 6 nitrogen and oxygen atoms in total. The summed E-state index contributed by atoms with van der Waals surface area (Å²) in [7, 11) is 0. The molecule has 1 aromatic heterocycles. The molecule has 1 aromatic rings. The van der Waals surface area contributed by atoms with Crippen LogP contribution in [-0.2, 0) is 11.3 Å². The van der Waals surface area contributed by atoms with Gasteiger partial charge >= 0.3 is 0 Å². The van der Waals surface area contributed by atoms with Crippen LogP contribution in [0.25, 0.3) is 6.08 Å². The van der Waals surface area contributed by atoms with Crippen LogP contribution >= 0.6 is 24.0 Å². The highest BCUT2D eigenvalue weighted by Gasteiger charge is 2.32. The van der Waals surface area contributed by atoms with Gasteiger partial charge in [-0.3, -0.25) is 19.1 Å². The van der Waals surface area contributed by atoms with Gasteiger partial charge in [-0.25, -0.2) is 0 Å². The number of hydrogen-bond donors (Lipinski definition) is 0. The summed E-state index contributed by atoms with van der Waals surface area (Å²) < 4.78 is 2.23. The summed E-state index contributed by atoms with van der Waals surface area (Å²) in [6.45, 7) is 8.33. The summed E-state index contributed by atoms with van der Waals surface area (Å²) in [6.07, 6.45) is 6.30. The summed E-state index contributed by atoms with van der Waals surface area (Å²) in [5.74, 6) is 0.703. The van der Waals surface area contributed by atoms with Crippen molar-refractivity contribution in [1.82, 2.24) is 9.47 Å². The van der Waals surface area contributed by atoms with Gasteiger partial charge in [-0.1, -0.05) is 36.8 Å². The zero-order chi connectivity index (χ0) is 21.1. The second-order valence-corrected chi connectivity index (χ2v) is 8.90. The molecule has 0 N–H and O–H groups in total. The van der Waals surface area contributed by atoms with Gasteiger partial charge in [0.2, 0.25) is 0 Å². The van der Waals surface area contributed by atoms with Gasteiger partial charge in [-0.15, -0.1) is 0 Å². The van der Waals surface area contributed by atoms with Crippen LogP contribution in [-0.4, -0.2) is 39.3 Å². The lowest BCUT2D eigenvalue weighted by Crippen LogP contribution is -2.35. The van der Waals surface area contributed by atoms with Crippen molar-refractivity contribution >= 4 is 46.1 Å². The molecule has 0 bridgehead atoms. The van der Waals surface area contributed by atoms with E-state index in [0.717, 1.165) is 37.3 Å². The van der Waals surface area contributed by atoms with Gasteiger partial charge in [-0.2, -0.15) is 5.26 Å². The fourth-order valence-electron chi connectivity index (χ4n) is 3.96. The number of hydrogen-bond acceptors (Lipinski definition) is 6. The van der Waals surface area contributed by atoms with Gasteiger partial charge in [0.05, 0.1) is 4.91 Å². The molecule has 0 atom stereocenters. The second-order valence-electron chi connectivity index (χ2n) is 7.23.